The van der Waals surface area contributed by atoms with Gasteiger partial charge in [0.05, 0.1) is 32.0 Å². The van der Waals surface area contributed by atoms with Gasteiger partial charge in [0.2, 0.25) is 5.88 Å². The number of alkyl halides is 1. The van der Waals surface area contributed by atoms with Crippen LogP contribution in [-0.4, -0.2) is 69.7 Å². The van der Waals surface area contributed by atoms with Crippen molar-refractivity contribution in [1.82, 2.24) is 10.3 Å². The first-order valence-electron chi connectivity index (χ1n) is 10.4. The lowest BCUT2D eigenvalue weighted by Crippen LogP contribution is -2.52. The van der Waals surface area contributed by atoms with Crippen LogP contribution >= 0.6 is 0 Å². The second-order valence-electron chi connectivity index (χ2n) is 8.13. The van der Waals surface area contributed by atoms with Gasteiger partial charge in [0.1, 0.15) is 18.1 Å². The third-order valence-corrected chi connectivity index (χ3v) is 5.39. The van der Waals surface area contributed by atoms with E-state index in [1.807, 2.05) is 19.9 Å². The van der Waals surface area contributed by atoms with E-state index in [9.17, 15) is 9.18 Å². The van der Waals surface area contributed by atoms with Crippen molar-refractivity contribution in [1.29, 1.82) is 0 Å². The molecule has 1 aromatic rings. The molecule has 1 aliphatic heterocycles. The van der Waals surface area contributed by atoms with E-state index in [1.54, 1.807) is 13.2 Å². The number of hydrogen-bond acceptors (Lipinski definition) is 6. The molecule has 1 aliphatic carbocycles. The van der Waals surface area contributed by atoms with Crippen LogP contribution in [0.25, 0.3) is 0 Å². The number of hydrogen-bond donors (Lipinski definition) is 1. The van der Waals surface area contributed by atoms with Gasteiger partial charge >= 0.3 is 0 Å². The Bertz CT molecular complexity index is 678. The summed E-state index contributed by atoms with van der Waals surface area (Å²) in [5.74, 6) is 0.946. The molecule has 29 heavy (non-hydrogen) atoms. The fraction of sp³-hybridized carbons (Fsp3) is 0.714. The van der Waals surface area contributed by atoms with E-state index in [0.717, 1.165) is 18.8 Å². The molecule has 2 heterocycles. The van der Waals surface area contributed by atoms with Crippen molar-refractivity contribution in [3.63, 3.8) is 0 Å². The molecule has 1 N–H and O–H groups in total. The second-order valence-corrected chi connectivity index (χ2v) is 8.13. The van der Waals surface area contributed by atoms with E-state index in [4.69, 9.17) is 14.2 Å². The van der Waals surface area contributed by atoms with Crippen molar-refractivity contribution in [2.45, 2.75) is 38.8 Å². The van der Waals surface area contributed by atoms with Crippen molar-refractivity contribution >= 4 is 11.6 Å². The largest absolute Gasteiger partial charge is 0.476 e. The van der Waals surface area contributed by atoms with Crippen LogP contribution in [0.15, 0.2) is 12.1 Å². The second kappa shape index (κ2) is 10.2. The molecule has 2 aliphatic rings. The molecule has 1 saturated heterocycles. The fourth-order valence-electron chi connectivity index (χ4n) is 3.08. The number of anilines is 1. The van der Waals surface area contributed by atoms with E-state index in [1.165, 1.54) is 12.8 Å². The zero-order valence-corrected chi connectivity index (χ0v) is 17.5. The lowest BCUT2D eigenvalue weighted by Gasteiger charge is -2.40. The van der Waals surface area contributed by atoms with Gasteiger partial charge in [-0.3, -0.25) is 4.79 Å². The smallest absolute Gasteiger partial charge is 0.270 e. The summed E-state index contributed by atoms with van der Waals surface area (Å²) in [6.07, 6.45) is 2.57. The lowest BCUT2D eigenvalue weighted by molar-refractivity contribution is 0.0729. The number of nitrogens with zero attached hydrogens (tertiary/aromatic N) is 2. The molecule has 0 unspecified atom stereocenters. The normalized spacial score (nSPS) is 17.9. The Labute approximate surface area is 171 Å². The molecule has 162 valence electrons. The van der Waals surface area contributed by atoms with Crippen molar-refractivity contribution < 1.29 is 23.4 Å². The molecule has 2 fully saturated rings. The predicted molar refractivity (Wildman–Crippen MR) is 108 cm³/mol. The molecule has 8 heteroatoms. The summed E-state index contributed by atoms with van der Waals surface area (Å²) in [6.45, 7) is 5.92. The summed E-state index contributed by atoms with van der Waals surface area (Å²) in [5, 5.41) is 2.95. The summed E-state index contributed by atoms with van der Waals surface area (Å²) in [7, 11) is 1.71. The fourth-order valence-corrected chi connectivity index (χ4v) is 3.08. The first-order valence-corrected chi connectivity index (χ1v) is 10.4. The van der Waals surface area contributed by atoms with Crippen molar-refractivity contribution in [3.05, 3.63) is 17.8 Å². The summed E-state index contributed by atoms with van der Waals surface area (Å²) in [5.41, 5.74) is 1.20. The molecule has 1 saturated carbocycles. The van der Waals surface area contributed by atoms with Crippen molar-refractivity contribution in [2.75, 3.05) is 51.6 Å². The Kier molecular flexibility index (Phi) is 7.66. The minimum Gasteiger partial charge on any atom is -0.476 e. The molecule has 3 rings (SSSR count). The molecule has 0 radical (unpaired) electrons. The zero-order valence-electron chi connectivity index (χ0n) is 17.5. The first-order chi connectivity index (χ1) is 14.0. The highest BCUT2D eigenvalue weighted by Gasteiger charge is 2.31. The Morgan fingerprint density at radius 3 is 2.72 bits per heavy atom. The molecule has 0 bridgehead atoms. The predicted octanol–water partition coefficient (Wildman–Crippen LogP) is 2.45. The van der Waals surface area contributed by atoms with Gasteiger partial charge in [-0.15, -0.1) is 0 Å². The number of pyridine rings is 1. The van der Waals surface area contributed by atoms with Crippen LogP contribution in [0.5, 0.6) is 5.88 Å². The molecule has 0 aromatic carbocycles. The molecular weight excluding hydrogens is 377 g/mol. The number of nitrogens with one attached hydrogen (secondary N) is 1. The number of carbonyl (C=O) groups excluding carboxylic acids is 1. The first kappa shape index (κ1) is 21.8. The van der Waals surface area contributed by atoms with Gasteiger partial charge in [0.15, 0.2) is 0 Å². The quantitative estimate of drug-likeness (QED) is 0.535. The van der Waals surface area contributed by atoms with Gasteiger partial charge in [-0.25, -0.2) is 9.37 Å². The van der Waals surface area contributed by atoms with Crippen LogP contribution in [0.4, 0.5) is 10.1 Å². The molecule has 7 nitrogen and oxygen atoms in total. The van der Waals surface area contributed by atoms with Crippen LogP contribution in [-0.2, 0) is 9.47 Å². The Morgan fingerprint density at radius 2 is 2.10 bits per heavy atom. The average Bonchev–Trinajstić information content (AvgIpc) is 3.49. The molecular formula is C21H32FN3O4. The van der Waals surface area contributed by atoms with Crippen LogP contribution in [0.2, 0.25) is 0 Å². The van der Waals surface area contributed by atoms with Gasteiger partial charge in [0, 0.05) is 20.2 Å². The summed E-state index contributed by atoms with van der Waals surface area (Å²) in [4.78, 5) is 19.4. The highest BCUT2D eigenvalue weighted by Crippen LogP contribution is 2.34. The van der Waals surface area contributed by atoms with E-state index >= 15 is 0 Å². The number of ether oxygens (including phenoxy) is 3. The number of carbonyl (C=O) groups is 1. The Balaban J connectivity index is 1.68. The van der Waals surface area contributed by atoms with Crippen LogP contribution in [0.3, 0.4) is 0 Å². The third kappa shape index (κ3) is 6.02. The molecule has 1 atom stereocenters. The molecule has 1 aromatic heterocycles. The van der Waals surface area contributed by atoms with E-state index in [0.29, 0.717) is 24.1 Å². The van der Waals surface area contributed by atoms with Crippen LogP contribution in [0, 0.1) is 11.8 Å². The van der Waals surface area contributed by atoms with E-state index in [-0.39, 0.29) is 37.2 Å². The topological polar surface area (TPSA) is 72.9 Å². The van der Waals surface area contributed by atoms with Gasteiger partial charge in [-0.05, 0) is 36.8 Å². The molecule has 0 spiro atoms. The summed E-state index contributed by atoms with van der Waals surface area (Å²) >= 11 is 0. The molecule has 1 amide bonds. The number of amides is 1. The summed E-state index contributed by atoms with van der Waals surface area (Å²) < 4.78 is 28.9. The van der Waals surface area contributed by atoms with Gasteiger partial charge in [0.25, 0.3) is 5.91 Å². The van der Waals surface area contributed by atoms with Gasteiger partial charge in [-0.1, -0.05) is 13.8 Å². The lowest BCUT2D eigenvalue weighted by atomic mass is 10.1. The maximum absolute atomic E-state index is 12.8. The monoisotopic (exact) mass is 409 g/mol. The number of rotatable bonds is 12. The van der Waals surface area contributed by atoms with Crippen molar-refractivity contribution in [2.24, 2.45) is 11.8 Å². The minimum absolute atomic E-state index is 0.0312. The number of aromatic nitrogens is 1. The summed E-state index contributed by atoms with van der Waals surface area (Å²) in [6, 6.07) is 3.39. The Morgan fingerprint density at radius 1 is 1.34 bits per heavy atom. The van der Waals surface area contributed by atoms with E-state index in [2.05, 4.69) is 15.2 Å². The average molecular weight is 410 g/mol. The number of halogens is 1. The van der Waals surface area contributed by atoms with E-state index < -0.39 is 6.67 Å². The van der Waals surface area contributed by atoms with Crippen molar-refractivity contribution in [3.8, 4) is 5.88 Å². The Hall–Kier alpha value is -1.93. The van der Waals surface area contributed by atoms with Gasteiger partial charge < -0.3 is 24.4 Å². The highest BCUT2D eigenvalue weighted by atomic mass is 19.1. The maximum atomic E-state index is 12.8. The standard InChI is InChI=1S/C21H32FN3O4/c1-14(2)18(13-28-9-8-22)23-20(26)17-6-7-19(25-10-16(11-25)27-3)21(24-17)29-12-15-4-5-15/h6-7,14-16,18H,4-5,8-13H2,1-3H3,(H,23,26)/t18-/m1/s1. The third-order valence-electron chi connectivity index (χ3n) is 5.39. The minimum atomic E-state index is -0.538. The zero-order chi connectivity index (χ0) is 20.8. The van der Waals surface area contributed by atoms with Gasteiger partial charge in [-0.2, -0.15) is 0 Å². The number of methoxy groups -OCH3 is 1. The SMILES string of the molecule is COC1CN(c2ccc(C(=O)N[C@H](COCCF)C(C)C)nc2OCC2CC2)C1. The highest BCUT2D eigenvalue weighted by molar-refractivity contribution is 5.93. The van der Waals surface area contributed by atoms with Crippen LogP contribution in [0.1, 0.15) is 37.2 Å². The maximum Gasteiger partial charge on any atom is 0.270 e. The van der Waals surface area contributed by atoms with Crippen LogP contribution < -0.4 is 15.0 Å².